The van der Waals surface area contributed by atoms with Crippen LogP contribution in [0, 0.1) is 12.3 Å². The van der Waals surface area contributed by atoms with Gasteiger partial charge in [0.05, 0.1) is 11.0 Å². The summed E-state index contributed by atoms with van der Waals surface area (Å²) < 4.78 is 34.4. The maximum atomic E-state index is 13.3. The van der Waals surface area contributed by atoms with Crippen molar-refractivity contribution in [3.8, 4) is 0 Å². The number of anilines is 2. The molecule has 2 aromatic rings. The average Bonchev–Trinajstić information content (AvgIpc) is 3.25. The summed E-state index contributed by atoms with van der Waals surface area (Å²) in [6.07, 6.45) is 2.41. The molecule has 3 rings (SSSR count). The Hall–Kier alpha value is -2.58. The van der Waals surface area contributed by atoms with Crippen LogP contribution in [0.4, 0.5) is 11.4 Å². The van der Waals surface area contributed by atoms with Gasteiger partial charge < -0.3 is 14.5 Å². The molecule has 192 valence electrons. The summed E-state index contributed by atoms with van der Waals surface area (Å²) in [6.45, 7) is 9.72. The molecular weight excluding hydrogens is 462 g/mol. The Kier molecular flexibility index (Phi) is 8.49. The molecule has 0 radical (unpaired) electrons. The number of hydrogen-bond donors (Lipinski definition) is 1. The monoisotopic (exact) mass is 501 g/mol. The minimum absolute atomic E-state index is 0.0324. The zero-order chi connectivity index (χ0) is 25.8. The van der Waals surface area contributed by atoms with Crippen molar-refractivity contribution in [3.63, 3.8) is 0 Å². The first kappa shape index (κ1) is 27.0. The van der Waals surface area contributed by atoms with Crippen molar-refractivity contribution in [1.29, 1.82) is 0 Å². The van der Waals surface area contributed by atoms with Crippen LogP contribution >= 0.6 is 0 Å². The molecule has 1 heterocycles. The number of aryl methyl sites for hydroxylation is 1. The molecule has 1 fully saturated rings. The number of benzene rings is 2. The summed E-state index contributed by atoms with van der Waals surface area (Å²) >= 11 is 0. The molecule has 1 atom stereocenters. The second-order valence-corrected chi connectivity index (χ2v) is 12.5. The fraction of sp³-hybridized carbons (Fsp3) is 0.519. The molecule has 7 nitrogen and oxygen atoms in total. The summed E-state index contributed by atoms with van der Waals surface area (Å²) in [6, 6.07) is 12.2. The van der Waals surface area contributed by atoms with Gasteiger partial charge in [0.2, 0.25) is 5.91 Å². The number of amides is 1. The normalized spacial score (nSPS) is 16.2. The SMILES string of the molecule is Cc1ccc(S(=O)(=O)Nc2ccc(N(C)C)c(CN(C[C@H]3CCCO3)C(=O)CC(C)(C)C)c2)cc1. The molecule has 0 saturated carbocycles. The highest BCUT2D eigenvalue weighted by molar-refractivity contribution is 7.92. The van der Waals surface area contributed by atoms with Crippen molar-refractivity contribution < 1.29 is 17.9 Å². The quantitative estimate of drug-likeness (QED) is 0.534. The van der Waals surface area contributed by atoms with Gasteiger partial charge in [-0.2, -0.15) is 0 Å². The van der Waals surface area contributed by atoms with Crippen molar-refractivity contribution >= 4 is 27.3 Å². The minimum atomic E-state index is -3.73. The zero-order valence-electron chi connectivity index (χ0n) is 21.8. The number of sulfonamides is 1. The van der Waals surface area contributed by atoms with E-state index in [9.17, 15) is 13.2 Å². The van der Waals surface area contributed by atoms with E-state index in [1.807, 2.05) is 43.0 Å². The van der Waals surface area contributed by atoms with E-state index in [0.717, 1.165) is 36.3 Å². The highest BCUT2D eigenvalue weighted by Gasteiger charge is 2.27. The van der Waals surface area contributed by atoms with E-state index in [2.05, 4.69) is 25.5 Å². The van der Waals surface area contributed by atoms with Crippen molar-refractivity contribution in [1.82, 2.24) is 4.90 Å². The molecule has 0 bridgehead atoms. The van der Waals surface area contributed by atoms with E-state index in [-0.39, 0.29) is 22.3 Å². The second kappa shape index (κ2) is 11.0. The molecule has 0 aromatic heterocycles. The van der Waals surface area contributed by atoms with Gasteiger partial charge in [-0.05, 0) is 61.1 Å². The van der Waals surface area contributed by atoms with Crippen LogP contribution in [0.5, 0.6) is 0 Å². The van der Waals surface area contributed by atoms with Crippen LogP contribution < -0.4 is 9.62 Å². The molecule has 8 heteroatoms. The molecule has 0 unspecified atom stereocenters. The molecule has 35 heavy (non-hydrogen) atoms. The topological polar surface area (TPSA) is 79.0 Å². The smallest absolute Gasteiger partial charge is 0.261 e. The summed E-state index contributed by atoms with van der Waals surface area (Å²) in [5.74, 6) is 0.0725. The van der Waals surface area contributed by atoms with Gasteiger partial charge in [0.15, 0.2) is 0 Å². The van der Waals surface area contributed by atoms with Crippen molar-refractivity contribution in [2.45, 2.75) is 64.5 Å². The van der Waals surface area contributed by atoms with Crippen molar-refractivity contribution in [2.75, 3.05) is 36.9 Å². The highest BCUT2D eigenvalue weighted by Crippen LogP contribution is 2.28. The number of nitrogens with zero attached hydrogens (tertiary/aromatic N) is 2. The first-order valence-electron chi connectivity index (χ1n) is 12.1. The molecule has 0 spiro atoms. The number of rotatable bonds is 9. The third-order valence-corrected chi connectivity index (χ3v) is 7.39. The molecule has 1 aliphatic rings. The van der Waals surface area contributed by atoms with Crippen LogP contribution in [-0.2, 0) is 26.1 Å². The van der Waals surface area contributed by atoms with Crippen LogP contribution in [-0.4, -0.2) is 52.6 Å². The van der Waals surface area contributed by atoms with Crippen LogP contribution in [0.1, 0.15) is 51.2 Å². The Bertz CT molecular complexity index is 1120. The maximum absolute atomic E-state index is 13.3. The van der Waals surface area contributed by atoms with Crippen LogP contribution in [0.2, 0.25) is 0 Å². The lowest BCUT2D eigenvalue weighted by Gasteiger charge is -2.30. The number of ether oxygens (including phenoxy) is 1. The number of carbonyl (C=O) groups excluding carboxylic acids is 1. The van der Waals surface area contributed by atoms with Gasteiger partial charge in [0.25, 0.3) is 10.0 Å². The van der Waals surface area contributed by atoms with Gasteiger partial charge in [-0.25, -0.2) is 8.42 Å². The number of nitrogens with one attached hydrogen (secondary N) is 1. The third-order valence-electron chi connectivity index (χ3n) is 5.99. The lowest BCUT2D eigenvalue weighted by Crippen LogP contribution is -2.38. The summed E-state index contributed by atoms with van der Waals surface area (Å²) in [5.41, 5.74) is 3.13. The standard InChI is InChI=1S/C27H39N3O4S/c1-20-9-12-24(13-10-20)35(32,33)28-22-11-14-25(29(5)6)21(16-22)18-30(19-23-8-7-15-34-23)26(31)17-27(2,3)4/h9-14,16,23,28H,7-8,15,17-19H2,1-6H3/t23-/m1/s1. The fourth-order valence-corrected chi connectivity index (χ4v) is 5.25. The molecule has 1 saturated heterocycles. The summed E-state index contributed by atoms with van der Waals surface area (Å²) in [7, 11) is 0.150. The number of carbonyl (C=O) groups is 1. The largest absolute Gasteiger partial charge is 0.377 e. The molecule has 1 amide bonds. The molecule has 1 N–H and O–H groups in total. The van der Waals surface area contributed by atoms with Gasteiger partial charge in [-0.3, -0.25) is 9.52 Å². The van der Waals surface area contributed by atoms with E-state index in [1.54, 1.807) is 30.3 Å². The molecule has 2 aromatic carbocycles. The summed E-state index contributed by atoms with van der Waals surface area (Å²) in [4.78, 5) is 17.4. The van der Waals surface area contributed by atoms with E-state index in [0.29, 0.717) is 25.2 Å². The summed E-state index contributed by atoms with van der Waals surface area (Å²) in [5, 5.41) is 0. The first-order valence-corrected chi connectivity index (χ1v) is 13.6. The minimum Gasteiger partial charge on any atom is -0.377 e. The molecular formula is C27H39N3O4S. The third kappa shape index (κ3) is 7.70. The van der Waals surface area contributed by atoms with Crippen molar-refractivity contribution in [3.05, 3.63) is 53.6 Å². The van der Waals surface area contributed by atoms with E-state index >= 15 is 0 Å². The van der Waals surface area contributed by atoms with Crippen LogP contribution in [0.3, 0.4) is 0 Å². The van der Waals surface area contributed by atoms with Crippen molar-refractivity contribution in [2.24, 2.45) is 5.41 Å². The highest BCUT2D eigenvalue weighted by atomic mass is 32.2. The Morgan fingerprint density at radius 2 is 1.80 bits per heavy atom. The first-order chi connectivity index (χ1) is 16.3. The van der Waals surface area contributed by atoms with E-state index < -0.39 is 10.0 Å². The van der Waals surface area contributed by atoms with Gasteiger partial charge in [-0.15, -0.1) is 0 Å². The average molecular weight is 502 g/mol. The Balaban J connectivity index is 1.90. The van der Waals surface area contributed by atoms with E-state index in [1.165, 1.54) is 0 Å². The van der Waals surface area contributed by atoms with Gasteiger partial charge in [0, 0.05) is 51.6 Å². The molecule has 1 aliphatic heterocycles. The van der Waals surface area contributed by atoms with Gasteiger partial charge in [-0.1, -0.05) is 38.5 Å². The van der Waals surface area contributed by atoms with E-state index in [4.69, 9.17) is 4.74 Å². The Morgan fingerprint density at radius 1 is 1.11 bits per heavy atom. The van der Waals surface area contributed by atoms with Gasteiger partial charge >= 0.3 is 0 Å². The van der Waals surface area contributed by atoms with Crippen LogP contribution in [0.25, 0.3) is 0 Å². The second-order valence-electron chi connectivity index (χ2n) is 10.8. The zero-order valence-corrected chi connectivity index (χ0v) is 22.6. The van der Waals surface area contributed by atoms with Gasteiger partial charge in [0.1, 0.15) is 0 Å². The van der Waals surface area contributed by atoms with Crippen LogP contribution in [0.15, 0.2) is 47.4 Å². The lowest BCUT2D eigenvalue weighted by atomic mass is 9.91. The maximum Gasteiger partial charge on any atom is 0.261 e. The lowest BCUT2D eigenvalue weighted by molar-refractivity contribution is -0.135. The fourth-order valence-electron chi connectivity index (χ4n) is 4.20. The number of hydrogen-bond acceptors (Lipinski definition) is 5. The Labute approximate surface area is 210 Å². The molecule has 0 aliphatic carbocycles. The Morgan fingerprint density at radius 3 is 2.37 bits per heavy atom. The predicted molar refractivity (Wildman–Crippen MR) is 141 cm³/mol. The predicted octanol–water partition coefficient (Wildman–Crippen LogP) is 4.81.